The van der Waals surface area contributed by atoms with Crippen molar-refractivity contribution in [2.75, 3.05) is 0 Å². The van der Waals surface area contributed by atoms with E-state index in [0.29, 0.717) is 10.2 Å². The average molecular weight is 245 g/mol. The molecule has 2 aromatic rings. The van der Waals surface area contributed by atoms with Gasteiger partial charge in [-0.2, -0.15) is 0 Å². The summed E-state index contributed by atoms with van der Waals surface area (Å²) >= 11 is 8.72. The van der Waals surface area contributed by atoms with Gasteiger partial charge in [-0.1, -0.05) is 22.9 Å². The zero-order chi connectivity index (χ0) is 9.97. The Labute approximate surface area is 93.8 Å². The summed E-state index contributed by atoms with van der Waals surface area (Å²) in [4.78, 5) is 8.01. The van der Waals surface area contributed by atoms with Gasteiger partial charge in [0.1, 0.15) is 10.0 Å². The van der Waals surface area contributed by atoms with Gasteiger partial charge in [0.2, 0.25) is 0 Å². The van der Waals surface area contributed by atoms with Crippen LogP contribution in [0.2, 0.25) is 5.15 Å². The SMILES string of the molecule is Cc1nnc(Sc2nccnc2Cl)s1. The second-order valence-electron chi connectivity index (χ2n) is 2.34. The predicted octanol–water partition coefficient (Wildman–Crippen LogP) is 2.44. The summed E-state index contributed by atoms with van der Waals surface area (Å²) in [5, 5.41) is 9.83. The Morgan fingerprint density at radius 1 is 1.29 bits per heavy atom. The third kappa shape index (κ3) is 2.20. The van der Waals surface area contributed by atoms with Crippen molar-refractivity contribution in [3.05, 3.63) is 22.6 Å². The number of aromatic nitrogens is 4. The first kappa shape index (κ1) is 9.82. The molecule has 7 heteroatoms. The zero-order valence-corrected chi connectivity index (χ0v) is 9.53. The molecule has 0 spiro atoms. The van der Waals surface area contributed by atoms with Crippen molar-refractivity contribution in [3.63, 3.8) is 0 Å². The summed E-state index contributed by atoms with van der Waals surface area (Å²) in [5.41, 5.74) is 0. The molecule has 0 aliphatic rings. The van der Waals surface area contributed by atoms with E-state index >= 15 is 0 Å². The fourth-order valence-electron chi connectivity index (χ4n) is 0.779. The van der Waals surface area contributed by atoms with E-state index in [9.17, 15) is 0 Å². The van der Waals surface area contributed by atoms with E-state index in [1.54, 1.807) is 12.4 Å². The second kappa shape index (κ2) is 4.20. The molecule has 0 aromatic carbocycles. The summed E-state index contributed by atoms with van der Waals surface area (Å²) in [6.07, 6.45) is 3.15. The van der Waals surface area contributed by atoms with Gasteiger partial charge in [0.15, 0.2) is 9.49 Å². The van der Waals surface area contributed by atoms with E-state index in [-0.39, 0.29) is 0 Å². The maximum absolute atomic E-state index is 5.84. The molecule has 72 valence electrons. The maximum atomic E-state index is 5.84. The van der Waals surface area contributed by atoms with Gasteiger partial charge >= 0.3 is 0 Å². The molecule has 0 unspecified atom stereocenters. The fourth-order valence-corrected chi connectivity index (χ4v) is 2.68. The molecule has 0 fully saturated rings. The van der Waals surface area contributed by atoms with Crippen LogP contribution < -0.4 is 0 Å². The van der Waals surface area contributed by atoms with Crippen molar-refractivity contribution >= 4 is 34.7 Å². The van der Waals surface area contributed by atoms with Gasteiger partial charge in [0, 0.05) is 12.4 Å². The van der Waals surface area contributed by atoms with Crippen LogP contribution >= 0.6 is 34.7 Å². The minimum absolute atomic E-state index is 0.394. The number of halogens is 1. The summed E-state index contributed by atoms with van der Waals surface area (Å²) in [6, 6.07) is 0. The molecule has 0 bridgehead atoms. The van der Waals surface area contributed by atoms with Crippen LogP contribution in [0.25, 0.3) is 0 Å². The van der Waals surface area contributed by atoms with Crippen LogP contribution in [0.1, 0.15) is 5.01 Å². The van der Waals surface area contributed by atoms with Crippen molar-refractivity contribution in [3.8, 4) is 0 Å². The van der Waals surface area contributed by atoms with Crippen molar-refractivity contribution < 1.29 is 0 Å². The molecule has 2 rings (SSSR count). The van der Waals surface area contributed by atoms with Crippen LogP contribution in [-0.2, 0) is 0 Å². The van der Waals surface area contributed by atoms with E-state index in [0.717, 1.165) is 9.35 Å². The van der Waals surface area contributed by atoms with Gasteiger partial charge in [0.05, 0.1) is 0 Å². The molecular formula is C7H5ClN4S2. The van der Waals surface area contributed by atoms with Crippen LogP contribution in [-0.4, -0.2) is 20.2 Å². The van der Waals surface area contributed by atoms with Gasteiger partial charge in [-0.3, -0.25) is 0 Å². The lowest BCUT2D eigenvalue weighted by Crippen LogP contribution is -1.83. The minimum atomic E-state index is 0.394. The van der Waals surface area contributed by atoms with Gasteiger partial charge < -0.3 is 0 Å². The third-order valence-corrected chi connectivity index (χ3v) is 3.58. The number of aryl methyl sites for hydroxylation is 1. The maximum Gasteiger partial charge on any atom is 0.180 e. The van der Waals surface area contributed by atoms with Gasteiger partial charge in [0.25, 0.3) is 0 Å². The second-order valence-corrected chi connectivity index (χ2v) is 5.12. The standard InChI is InChI=1S/C7H5ClN4S2/c1-4-11-12-7(13-4)14-6-5(8)9-2-3-10-6/h2-3H,1H3. The third-order valence-electron chi connectivity index (χ3n) is 1.31. The van der Waals surface area contributed by atoms with E-state index in [2.05, 4.69) is 20.2 Å². The summed E-state index contributed by atoms with van der Waals surface area (Å²) in [6.45, 7) is 1.90. The normalized spacial score (nSPS) is 10.4. The highest BCUT2D eigenvalue weighted by molar-refractivity contribution is 8.01. The van der Waals surface area contributed by atoms with Crippen LogP contribution in [0.3, 0.4) is 0 Å². The lowest BCUT2D eigenvalue weighted by Gasteiger charge is -1.96. The van der Waals surface area contributed by atoms with E-state index < -0.39 is 0 Å². The average Bonchev–Trinajstić information content (AvgIpc) is 2.56. The minimum Gasteiger partial charge on any atom is -0.245 e. The summed E-state index contributed by atoms with van der Waals surface area (Å²) < 4.78 is 0.824. The molecule has 0 N–H and O–H groups in total. The topological polar surface area (TPSA) is 51.6 Å². The summed E-state index contributed by atoms with van der Waals surface area (Å²) in [5.74, 6) is 0. The number of hydrogen-bond acceptors (Lipinski definition) is 6. The Hall–Kier alpha value is -0.720. The van der Waals surface area contributed by atoms with Crippen LogP contribution in [0, 0.1) is 6.92 Å². The molecule has 0 amide bonds. The molecule has 0 aliphatic carbocycles. The molecule has 0 saturated carbocycles. The molecule has 0 aliphatic heterocycles. The molecule has 2 heterocycles. The number of rotatable bonds is 2. The Morgan fingerprint density at radius 2 is 2.07 bits per heavy atom. The lowest BCUT2D eigenvalue weighted by molar-refractivity contribution is 0.977. The van der Waals surface area contributed by atoms with E-state index in [4.69, 9.17) is 11.6 Å². The molecule has 4 nitrogen and oxygen atoms in total. The van der Waals surface area contributed by atoms with Crippen LogP contribution in [0.15, 0.2) is 21.8 Å². The van der Waals surface area contributed by atoms with E-state index in [1.807, 2.05) is 6.92 Å². The first-order chi connectivity index (χ1) is 6.75. The van der Waals surface area contributed by atoms with Crippen molar-refractivity contribution in [2.24, 2.45) is 0 Å². The zero-order valence-electron chi connectivity index (χ0n) is 7.14. The first-order valence-corrected chi connectivity index (χ1v) is 5.71. The highest BCUT2D eigenvalue weighted by atomic mass is 35.5. The Bertz CT molecular complexity index is 445. The first-order valence-electron chi connectivity index (χ1n) is 3.70. The molecule has 0 radical (unpaired) electrons. The number of hydrogen-bond donors (Lipinski definition) is 0. The highest BCUT2D eigenvalue weighted by Crippen LogP contribution is 2.31. The smallest absolute Gasteiger partial charge is 0.180 e. The Kier molecular flexibility index (Phi) is 2.95. The molecule has 14 heavy (non-hydrogen) atoms. The van der Waals surface area contributed by atoms with Gasteiger partial charge in [-0.15, -0.1) is 10.2 Å². The molecule has 0 atom stereocenters. The Balaban J connectivity index is 2.23. The van der Waals surface area contributed by atoms with Crippen molar-refractivity contribution in [1.29, 1.82) is 0 Å². The molecule has 2 aromatic heterocycles. The molecular weight excluding hydrogens is 240 g/mol. The quantitative estimate of drug-likeness (QED) is 0.812. The van der Waals surface area contributed by atoms with Crippen LogP contribution in [0.4, 0.5) is 0 Å². The lowest BCUT2D eigenvalue weighted by atomic mass is 10.8. The predicted molar refractivity (Wildman–Crippen MR) is 55.8 cm³/mol. The van der Waals surface area contributed by atoms with Gasteiger partial charge in [-0.05, 0) is 18.7 Å². The highest BCUT2D eigenvalue weighted by Gasteiger charge is 2.08. The molecule has 0 saturated heterocycles. The van der Waals surface area contributed by atoms with E-state index in [1.165, 1.54) is 23.1 Å². The van der Waals surface area contributed by atoms with Crippen molar-refractivity contribution in [1.82, 2.24) is 20.2 Å². The largest absolute Gasteiger partial charge is 0.245 e. The van der Waals surface area contributed by atoms with Crippen molar-refractivity contribution in [2.45, 2.75) is 16.3 Å². The summed E-state index contributed by atoms with van der Waals surface area (Å²) in [7, 11) is 0. The fraction of sp³-hybridized carbons (Fsp3) is 0.143. The van der Waals surface area contributed by atoms with Crippen LogP contribution in [0.5, 0.6) is 0 Å². The number of nitrogens with zero attached hydrogens (tertiary/aromatic N) is 4. The Morgan fingerprint density at radius 3 is 2.71 bits per heavy atom. The van der Waals surface area contributed by atoms with Gasteiger partial charge in [-0.25, -0.2) is 9.97 Å². The monoisotopic (exact) mass is 244 g/mol.